The molecule has 1 aromatic heterocycles. The van der Waals surface area contributed by atoms with E-state index in [2.05, 4.69) is 15.6 Å². The molecule has 1 amide bonds. The van der Waals surface area contributed by atoms with Gasteiger partial charge in [0.25, 0.3) is 0 Å². The highest BCUT2D eigenvalue weighted by atomic mass is 32.2. The minimum atomic E-state index is -3.03. The molecule has 10 heteroatoms. The predicted molar refractivity (Wildman–Crippen MR) is 134 cm³/mol. The first-order valence-electron chi connectivity index (χ1n) is 12.2. The van der Waals surface area contributed by atoms with Gasteiger partial charge < -0.3 is 15.4 Å². The molecular weight excluding hydrogens is 471 g/mol. The van der Waals surface area contributed by atoms with E-state index in [1.165, 1.54) is 6.07 Å². The number of pyridine rings is 1. The molecule has 1 aliphatic carbocycles. The van der Waals surface area contributed by atoms with Crippen molar-refractivity contribution in [2.45, 2.75) is 84.4 Å². The molecule has 0 bridgehead atoms. The van der Waals surface area contributed by atoms with Crippen molar-refractivity contribution < 1.29 is 22.3 Å². The first-order valence-corrected chi connectivity index (χ1v) is 14.0. The normalized spacial score (nSPS) is 21.7. The van der Waals surface area contributed by atoms with Crippen LogP contribution in [0.5, 0.6) is 5.88 Å². The molecule has 1 fully saturated rings. The average Bonchev–Trinajstić information content (AvgIpc) is 2.76. The lowest BCUT2D eigenvalue weighted by Crippen LogP contribution is -2.53. The van der Waals surface area contributed by atoms with E-state index >= 15 is 0 Å². The van der Waals surface area contributed by atoms with Crippen molar-refractivity contribution in [3.63, 3.8) is 0 Å². The van der Waals surface area contributed by atoms with Crippen LogP contribution in [0.3, 0.4) is 0 Å². The van der Waals surface area contributed by atoms with Crippen LogP contribution in [0.25, 0.3) is 0 Å². The van der Waals surface area contributed by atoms with Gasteiger partial charge in [0.1, 0.15) is 9.84 Å². The summed E-state index contributed by atoms with van der Waals surface area (Å²) in [6.45, 7) is 9.55. The monoisotopic (exact) mass is 508 g/mol. The molecule has 0 saturated carbocycles. The molecule has 194 valence electrons. The minimum Gasteiger partial charge on any atom is -0.475 e. The number of hydrogen-bond donors (Lipinski definition) is 3. The fraction of sp³-hybridized carbons (Fsp3) is 0.640. The molecule has 35 heavy (non-hydrogen) atoms. The van der Waals surface area contributed by atoms with E-state index in [4.69, 9.17) is 10.1 Å². The fourth-order valence-electron chi connectivity index (χ4n) is 4.53. The Morgan fingerprint density at radius 3 is 2.51 bits per heavy atom. The summed E-state index contributed by atoms with van der Waals surface area (Å²) in [7, 11) is -3.03. The van der Waals surface area contributed by atoms with Crippen LogP contribution >= 0.6 is 0 Å². The van der Waals surface area contributed by atoms with Gasteiger partial charge in [0.2, 0.25) is 11.8 Å². The van der Waals surface area contributed by atoms with E-state index in [9.17, 15) is 17.6 Å². The van der Waals surface area contributed by atoms with Crippen molar-refractivity contribution in [1.82, 2.24) is 15.6 Å². The van der Waals surface area contributed by atoms with Crippen molar-refractivity contribution in [1.29, 1.82) is 5.41 Å². The third-order valence-corrected chi connectivity index (χ3v) is 8.16. The number of carbonyl (C=O) groups excluding carboxylic acids is 1. The highest BCUT2D eigenvalue weighted by molar-refractivity contribution is 7.91. The van der Waals surface area contributed by atoms with E-state index in [0.717, 1.165) is 11.9 Å². The Balaban J connectivity index is 1.81. The Bertz CT molecular complexity index is 1100. The van der Waals surface area contributed by atoms with Crippen LogP contribution in [-0.4, -0.2) is 54.2 Å². The van der Waals surface area contributed by atoms with Crippen LogP contribution in [0.1, 0.15) is 72.3 Å². The number of halogens is 1. The van der Waals surface area contributed by atoms with Gasteiger partial charge in [-0.25, -0.2) is 17.8 Å². The maximum absolute atomic E-state index is 14.7. The van der Waals surface area contributed by atoms with Gasteiger partial charge in [-0.3, -0.25) is 10.2 Å². The lowest BCUT2D eigenvalue weighted by atomic mass is 9.82. The second-order valence-corrected chi connectivity index (χ2v) is 12.7. The standard InChI is InChI=1S/C25H37FN4O4S/c1-15(2)29-21-12-17(24(31)30-25(5)8-10-35(32,33)11-9-25)6-7-18(21)23(27)19-13-22(34-16(3)4)28-14-20(19)26/h13-17,27,29H,6-12H2,1-5H3,(H,30,31)/t17-/m1/s1. The third-order valence-electron chi connectivity index (χ3n) is 6.50. The summed E-state index contributed by atoms with van der Waals surface area (Å²) >= 11 is 0. The van der Waals surface area contributed by atoms with Gasteiger partial charge in [0, 0.05) is 34.8 Å². The topological polar surface area (TPSA) is 121 Å². The fourth-order valence-corrected chi connectivity index (χ4v) is 6.26. The van der Waals surface area contributed by atoms with Crippen molar-refractivity contribution in [3.8, 4) is 5.88 Å². The van der Waals surface area contributed by atoms with Gasteiger partial charge in [-0.05, 0) is 72.3 Å². The maximum Gasteiger partial charge on any atom is 0.223 e. The largest absolute Gasteiger partial charge is 0.475 e. The number of allylic oxidation sites excluding steroid dienone is 2. The molecular formula is C25H37FN4O4S. The van der Waals surface area contributed by atoms with Crippen molar-refractivity contribution in [3.05, 3.63) is 34.9 Å². The second-order valence-electron chi connectivity index (χ2n) is 10.4. The zero-order valence-corrected chi connectivity index (χ0v) is 22.0. The van der Waals surface area contributed by atoms with Crippen LogP contribution in [0, 0.1) is 17.1 Å². The number of nitrogens with zero attached hydrogens (tertiary/aromatic N) is 1. The van der Waals surface area contributed by atoms with E-state index in [1.54, 1.807) is 0 Å². The SMILES string of the molecule is CC(C)NC1=C(C(=N)c2cc(OC(C)C)ncc2F)CC[C@@H](C(=O)NC2(C)CCS(=O)(=O)CC2)C1. The van der Waals surface area contributed by atoms with E-state index < -0.39 is 21.2 Å². The molecule has 0 aromatic carbocycles. The molecule has 0 radical (unpaired) electrons. The molecule has 0 spiro atoms. The zero-order valence-electron chi connectivity index (χ0n) is 21.2. The van der Waals surface area contributed by atoms with Gasteiger partial charge in [0.05, 0.1) is 29.5 Å². The van der Waals surface area contributed by atoms with Crippen LogP contribution < -0.4 is 15.4 Å². The molecule has 2 aliphatic rings. The Kier molecular flexibility index (Phi) is 8.24. The van der Waals surface area contributed by atoms with E-state index in [1.807, 2.05) is 34.6 Å². The number of rotatable bonds is 8. The van der Waals surface area contributed by atoms with Crippen molar-refractivity contribution in [2.75, 3.05) is 11.5 Å². The lowest BCUT2D eigenvalue weighted by molar-refractivity contribution is -0.127. The Labute approximate surface area is 207 Å². The van der Waals surface area contributed by atoms with Gasteiger partial charge in [-0.2, -0.15) is 0 Å². The van der Waals surface area contributed by atoms with Gasteiger partial charge in [0.15, 0.2) is 5.82 Å². The quantitative estimate of drug-likeness (QED) is 0.462. The Morgan fingerprint density at radius 1 is 1.26 bits per heavy atom. The highest BCUT2D eigenvalue weighted by Gasteiger charge is 2.37. The molecule has 0 unspecified atom stereocenters. The summed E-state index contributed by atoms with van der Waals surface area (Å²) < 4.78 is 43.8. The molecule has 1 atom stereocenters. The first kappa shape index (κ1) is 27.1. The Morgan fingerprint density at radius 2 is 1.91 bits per heavy atom. The number of sulfone groups is 1. The smallest absolute Gasteiger partial charge is 0.223 e. The predicted octanol–water partition coefficient (Wildman–Crippen LogP) is 3.51. The summed E-state index contributed by atoms with van der Waals surface area (Å²) in [5.41, 5.74) is 1.07. The van der Waals surface area contributed by atoms with E-state index in [0.29, 0.717) is 37.7 Å². The van der Waals surface area contributed by atoms with Crippen LogP contribution in [-0.2, 0) is 14.6 Å². The van der Waals surface area contributed by atoms with Gasteiger partial charge in [-0.1, -0.05) is 0 Å². The third kappa shape index (κ3) is 7.02. The summed E-state index contributed by atoms with van der Waals surface area (Å²) in [4.78, 5) is 17.1. The number of hydrogen-bond acceptors (Lipinski definition) is 7. The number of ether oxygens (including phenoxy) is 1. The van der Waals surface area contributed by atoms with E-state index in [-0.39, 0.29) is 52.6 Å². The summed E-state index contributed by atoms with van der Waals surface area (Å²) in [6.07, 6.45) is 3.10. The van der Waals surface area contributed by atoms with Gasteiger partial charge >= 0.3 is 0 Å². The average molecular weight is 509 g/mol. The summed E-state index contributed by atoms with van der Waals surface area (Å²) in [5, 5.41) is 15.2. The summed E-state index contributed by atoms with van der Waals surface area (Å²) in [5.74, 6) is -0.599. The maximum atomic E-state index is 14.7. The molecule has 2 heterocycles. The first-order chi connectivity index (χ1) is 16.3. The number of amides is 1. The van der Waals surface area contributed by atoms with Gasteiger partial charge in [-0.15, -0.1) is 0 Å². The molecule has 1 saturated heterocycles. The zero-order chi connectivity index (χ0) is 26.0. The Hall–Kier alpha value is -2.49. The molecule has 3 rings (SSSR count). The molecule has 3 N–H and O–H groups in total. The molecule has 8 nitrogen and oxygen atoms in total. The molecule has 1 aliphatic heterocycles. The van der Waals surface area contributed by atoms with Crippen LogP contribution in [0.15, 0.2) is 23.5 Å². The van der Waals surface area contributed by atoms with Crippen molar-refractivity contribution in [2.24, 2.45) is 5.92 Å². The van der Waals surface area contributed by atoms with Crippen LogP contribution in [0.4, 0.5) is 4.39 Å². The lowest BCUT2D eigenvalue weighted by Gasteiger charge is -2.37. The number of aromatic nitrogens is 1. The highest BCUT2D eigenvalue weighted by Crippen LogP contribution is 2.33. The minimum absolute atomic E-state index is 0.0602. The van der Waals surface area contributed by atoms with Crippen LogP contribution in [0.2, 0.25) is 0 Å². The number of carbonyl (C=O) groups is 1. The molecule has 1 aromatic rings. The summed E-state index contributed by atoms with van der Waals surface area (Å²) in [6, 6.07) is 1.52. The van der Waals surface area contributed by atoms with Crippen molar-refractivity contribution >= 4 is 21.5 Å². The second kappa shape index (κ2) is 10.6. The number of nitrogens with one attached hydrogen (secondary N) is 3.